The van der Waals surface area contributed by atoms with E-state index in [0.717, 1.165) is 25.7 Å². The maximum atomic E-state index is 12.7. The van der Waals surface area contributed by atoms with Gasteiger partial charge in [0, 0.05) is 12.6 Å². The van der Waals surface area contributed by atoms with E-state index < -0.39 is 10.0 Å². The molecule has 1 saturated heterocycles. The molecule has 0 bridgehead atoms. The number of sulfonamides is 1. The number of furan rings is 1. The zero-order valence-electron chi connectivity index (χ0n) is 11.6. The predicted octanol–water partition coefficient (Wildman–Crippen LogP) is 2.08. The Labute approximate surface area is 120 Å². The Hall–Kier alpha value is -0.850. The Kier molecular flexibility index (Phi) is 3.88. The van der Waals surface area contributed by atoms with Crippen LogP contribution in [0.1, 0.15) is 44.3 Å². The molecule has 5 nitrogen and oxygen atoms in total. The summed E-state index contributed by atoms with van der Waals surface area (Å²) in [5.41, 5.74) is 5.48. The van der Waals surface area contributed by atoms with Crippen molar-refractivity contribution in [1.29, 1.82) is 0 Å². The van der Waals surface area contributed by atoms with Crippen LogP contribution in [0.3, 0.4) is 0 Å². The lowest BCUT2D eigenvalue weighted by atomic mass is 9.97. The Morgan fingerprint density at radius 3 is 2.60 bits per heavy atom. The van der Waals surface area contributed by atoms with Gasteiger partial charge in [-0.05, 0) is 43.7 Å². The van der Waals surface area contributed by atoms with Crippen LogP contribution in [0.5, 0.6) is 0 Å². The molecule has 2 fully saturated rings. The van der Waals surface area contributed by atoms with Crippen molar-refractivity contribution in [2.24, 2.45) is 11.7 Å². The molecule has 0 amide bonds. The molecule has 0 aromatic carbocycles. The number of nitrogens with two attached hydrogens (primary N) is 1. The normalized spacial score (nSPS) is 25.6. The molecule has 3 rings (SSSR count). The molecule has 2 heterocycles. The Morgan fingerprint density at radius 2 is 1.95 bits per heavy atom. The molecule has 0 radical (unpaired) electrons. The van der Waals surface area contributed by atoms with Crippen molar-refractivity contribution in [1.82, 2.24) is 4.31 Å². The Bertz CT molecular complexity index is 561. The molecule has 1 atom stereocenters. The highest BCUT2D eigenvalue weighted by molar-refractivity contribution is 7.89. The highest BCUT2D eigenvalue weighted by atomic mass is 32.2. The first-order chi connectivity index (χ1) is 9.63. The minimum absolute atomic E-state index is 0.0443. The lowest BCUT2D eigenvalue weighted by Gasteiger charge is -2.27. The van der Waals surface area contributed by atoms with Crippen molar-refractivity contribution in [3.8, 4) is 0 Å². The minimum Gasteiger partial charge on any atom is -0.447 e. The van der Waals surface area contributed by atoms with Crippen molar-refractivity contribution < 1.29 is 12.8 Å². The molecule has 112 valence electrons. The number of nitrogens with zero attached hydrogens (tertiary/aromatic N) is 1. The number of hydrogen-bond donors (Lipinski definition) is 1. The molecule has 2 N–H and O–H groups in total. The van der Waals surface area contributed by atoms with E-state index in [1.807, 2.05) is 0 Å². The third-order valence-corrected chi connectivity index (χ3v) is 6.39. The summed E-state index contributed by atoms with van der Waals surface area (Å²) in [6.07, 6.45) is 6.70. The van der Waals surface area contributed by atoms with Gasteiger partial charge in [0.25, 0.3) is 10.0 Å². The van der Waals surface area contributed by atoms with Crippen molar-refractivity contribution in [3.05, 3.63) is 17.9 Å². The van der Waals surface area contributed by atoms with Gasteiger partial charge in [0.15, 0.2) is 0 Å². The zero-order valence-corrected chi connectivity index (χ0v) is 12.4. The van der Waals surface area contributed by atoms with Crippen molar-refractivity contribution >= 4 is 10.0 Å². The first kappa shape index (κ1) is 14.1. The highest BCUT2D eigenvalue weighted by Crippen LogP contribution is 2.38. The summed E-state index contributed by atoms with van der Waals surface area (Å²) in [6, 6.07) is 3.34. The number of hydrogen-bond acceptors (Lipinski definition) is 4. The van der Waals surface area contributed by atoms with Gasteiger partial charge in [0.1, 0.15) is 5.76 Å². The first-order valence-corrected chi connectivity index (χ1v) is 8.87. The third-order valence-electron chi connectivity index (χ3n) is 4.59. The van der Waals surface area contributed by atoms with E-state index in [1.54, 1.807) is 10.4 Å². The van der Waals surface area contributed by atoms with Crippen LogP contribution in [0.25, 0.3) is 0 Å². The van der Waals surface area contributed by atoms with Gasteiger partial charge in [-0.15, -0.1) is 0 Å². The maximum Gasteiger partial charge on any atom is 0.276 e. The van der Waals surface area contributed by atoms with Crippen LogP contribution in [-0.4, -0.2) is 25.3 Å². The van der Waals surface area contributed by atoms with Crippen LogP contribution in [-0.2, 0) is 16.6 Å². The van der Waals surface area contributed by atoms with E-state index in [0.29, 0.717) is 18.2 Å². The second-order valence-corrected chi connectivity index (χ2v) is 7.62. The fourth-order valence-corrected chi connectivity index (χ4v) is 5.29. The third kappa shape index (κ3) is 2.40. The fourth-order valence-electron chi connectivity index (χ4n) is 3.60. The Morgan fingerprint density at radius 1 is 1.20 bits per heavy atom. The second kappa shape index (κ2) is 5.50. The topological polar surface area (TPSA) is 76.5 Å². The van der Waals surface area contributed by atoms with Crippen LogP contribution in [0, 0.1) is 5.92 Å². The zero-order chi connectivity index (χ0) is 14.2. The van der Waals surface area contributed by atoms with Crippen LogP contribution in [0.15, 0.2) is 21.6 Å². The van der Waals surface area contributed by atoms with Gasteiger partial charge in [-0.25, -0.2) is 8.42 Å². The van der Waals surface area contributed by atoms with Gasteiger partial charge in [0.05, 0.1) is 6.54 Å². The van der Waals surface area contributed by atoms with Gasteiger partial charge in [0.2, 0.25) is 5.09 Å². The van der Waals surface area contributed by atoms with Gasteiger partial charge in [-0.1, -0.05) is 12.8 Å². The first-order valence-electron chi connectivity index (χ1n) is 7.43. The van der Waals surface area contributed by atoms with E-state index in [9.17, 15) is 8.42 Å². The molecule has 6 heteroatoms. The minimum atomic E-state index is -3.50. The van der Waals surface area contributed by atoms with Crippen molar-refractivity contribution in [3.63, 3.8) is 0 Å². The molecule has 1 aromatic rings. The molecular weight excluding hydrogens is 276 g/mol. The van der Waals surface area contributed by atoms with E-state index >= 15 is 0 Å². The average molecular weight is 298 g/mol. The van der Waals surface area contributed by atoms with Crippen LogP contribution in [0.4, 0.5) is 0 Å². The smallest absolute Gasteiger partial charge is 0.276 e. The molecular formula is C14H22N2O3S. The van der Waals surface area contributed by atoms with Crippen LogP contribution in [0.2, 0.25) is 0 Å². The summed E-state index contributed by atoms with van der Waals surface area (Å²) < 4.78 is 32.5. The highest BCUT2D eigenvalue weighted by Gasteiger charge is 2.41. The standard InChI is InChI=1S/C14H22N2O3S/c15-10-12-7-8-14(19-12)20(17,18)16-9-3-6-13(16)11-4-1-2-5-11/h7-8,11,13H,1-6,9-10,15H2. The lowest BCUT2D eigenvalue weighted by Crippen LogP contribution is -2.39. The van der Waals surface area contributed by atoms with Gasteiger partial charge in [-0.2, -0.15) is 4.31 Å². The quantitative estimate of drug-likeness (QED) is 0.923. The van der Waals surface area contributed by atoms with E-state index in [-0.39, 0.29) is 17.7 Å². The molecule has 1 unspecified atom stereocenters. The summed E-state index contributed by atoms with van der Waals surface area (Å²) in [7, 11) is -3.50. The summed E-state index contributed by atoms with van der Waals surface area (Å²) >= 11 is 0. The average Bonchev–Trinajstić information content (AvgIpc) is 3.17. The van der Waals surface area contributed by atoms with Crippen molar-refractivity contribution in [2.45, 2.75) is 56.2 Å². The molecule has 1 aliphatic heterocycles. The molecule has 20 heavy (non-hydrogen) atoms. The summed E-state index contributed by atoms with van der Waals surface area (Å²) in [4.78, 5) is 0. The van der Waals surface area contributed by atoms with Crippen LogP contribution < -0.4 is 5.73 Å². The second-order valence-electron chi connectivity index (χ2n) is 5.79. The monoisotopic (exact) mass is 298 g/mol. The largest absolute Gasteiger partial charge is 0.447 e. The maximum absolute atomic E-state index is 12.7. The Balaban J connectivity index is 1.85. The molecule has 1 aromatic heterocycles. The van der Waals surface area contributed by atoms with Gasteiger partial charge >= 0.3 is 0 Å². The lowest BCUT2D eigenvalue weighted by molar-refractivity contribution is 0.280. The summed E-state index contributed by atoms with van der Waals surface area (Å²) in [5.74, 6) is 1.04. The SMILES string of the molecule is NCc1ccc(S(=O)(=O)N2CCCC2C2CCCC2)o1. The molecule has 1 saturated carbocycles. The predicted molar refractivity (Wildman–Crippen MR) is 75.5 cm³/mol. The fraction of sp³-hybridized carbons (Fsp3) is 0.714. The molecule has 1 aliphatic carbocycles. The molecule has 0 spiro atoms. The van der Waals surface area contributed by atoms with Gasteiger partial charge in [-0.3, -0.25) is 0 Å². The van der Waals surface area contributed by atoms with E-state index in [4.69, 9.17) is 10.2 Å². The van der Waals surface area contributed by atoms with E-state index in [2.05, 4.69) is 0 Å². The molecule has 2 aliphatic rings. The summed E-state index contributed by atoms with van der Waals surface area (Å²) in [5, 5.41) is 0.0443. The van der Waals surface area contributed by atoms with E-state index in [1.165, 1.54) is 18.9 Å². The summed E-state index contributed by atoms with van der Waals surface area (Å²) in [6.45, 7) is 0.837. The van der Waals surface area contributed by atoms with Crippen molar-refractivity contribution in [2.75, 3.05) is 6.54 Å². The number of rotatable bonds is 4. The van der Waals surface area contributed by atoms with Crippen LogP contribution >= 0.6 is 0 Å². The van der Waals surface area contributed by atoms with Gasteiger partial charge < -0.3 is 10.2 Å².